The van der Waals surface area contributed by atoms with Crippen molar-refractivity contribution in [3.8, 4) is 0 Å². The zero-order valence-electron chi connectivity index (χ0n) is 17.4. The first-order valence-corrected chi connectivity index (χ1v) is 11.0. The largest absolute Gasteiger partial charge is 0.372 e. The normalized spacial score (nSPS) is 41.7. The molecule has 1 N–H and O–H groups in total. The summed E-state index contributed by atoms with van der Waals surface area (Å²) in [4.78, 5) is 28.6. The topological polar surface area (TPSA) is 58.6 Å². The molecule has 5 heteroatoms. The Morgan fingerprint density at radius 3 is 1.89 bits per heavy atom. The van der Waals surface area contributed by atoms with Gasteiger partial charge >= 0.3 is 0 Å². The van der Waals surface area contributed by atoms with Crippen molar-refractivity contribution in [1.82, 2.24) is 10.2 Å². The predicted octanol–water partition coefficient (Wildman–Crippen LogP) is 2.98. The Labute approximate surface area is 163 Å². The monoisotopic (exact) mass is 376 g/mol. The number of morpholine rings is 1. The predicted molar refractivity (Wildman–Crippen MR) is 104 cm³/mol. The minimum atomic E-state index is -0.428. The molecule has 4 bridgehead atoms. The van der Waals surface area contributed by atoms with Crippen molar-refractivity contribution in [2.24, 2.45) is 29.1 Å². The minimum Gasteiger partial charge on any atom is -0.372 e. The highest BCUT2D eigenvalue weighted by Gasteiger charge is 2.55. The first kappa shape index (κ1) is 19.2. The van der Waals surface area contributed by atoms with Gasteiger partial charge in [-0.1, -0.05) is 13.8 Å². The molecular formula is C22H36N2O3. The highest BCUT2D eigenvalue weighted by molar-refractivity contribution is 5.90. The Morgan fingerprint density at radius 1 is 0.963 bits per heavy atom. The average Bonchev–Trinajstić information content (AvgIpc) is 2.56. The fourth-order valence-corrected chi connectivity index (χ4v) is 6.75. The Bertz CT molecular complexity index is 557. The van der Waals surface area contributed by atoms with Crippen LogP contribution in [0.1, 0.15) is 66.2 Å². The third-order valence-corrected chi connectivity index (χ3v) is 7.47. The highest BCUT2D eigenvalue weighted by Crippen LogP contribution is 2.60. The summed E-state index contributed by atoms with van der Waals surface area (Å²) in [5.41, 5.74) is -0.201. The van der Waals surface area contributed by atoms with E-state index in [1.807, 2.05) is 32.6 Å². The van der Waals surface area contributed by atoms with Crippen molar-refractivity contribution in [3.63, 3.8) is 0 Å². The number of nitrogens with one attached hydrogen (secondary N) is 1. The maximum absolute atomic E-state index is 13.4. The molecule has 5 nitrogen and oxygen atoms in total. The van der Waals surface area contributed by atoms with Gasteiger partial charge < -0.3 is 15.0 Å². The summed E-state index contributed by atoms with van der Waals surface area (Å²) in [7, 11) is 0. The standard InChI is InChI=1S/C22H36N2O3/c1-13(2)19(20(25)24-11-14(3)27-15(4)12-24)23-21(26)22-8-16-5-17(9-22)7-18(6-16)10-22/h13-19H,5-12H2,1-4H3,(H,23,26). The van der Waals surface area contributed by atoms with E-state index in [9.17, 15) is 9.59 Å². The third kappa shape index (κ3) is 3.64. The molecule has 0 aromatic carbocycles. The molecule has 0 aromatic heterocycles. The molecule has 1 aliphatic heterocycles. The molecule has 1 saturated heterocycles. The Balaban J connectivity index is 1.47. The lowest BCUT2D eigenvalue weighted by Crippen LogP contribution is -2.60. The van der Waals surface area contributed by atoms with Gasteiger partial charge in [-0.05, 0) is 76.0 Å². The lowest BCUT2D eigenvalue weighted by molar-refractivity contribution is -0.154. The van der Waals surface area contributed by atoms with Crippen LogP contribution in [-0.4, -0.2) is 48.1 Å². The van der Waals surface area contributed by atoms with Crippen molar-refractivity contribution >= 4 is 11.8 Å². The van der Waals surface area contributed by atoms with E-state index in [0.717, 1.165) is 37.0 Å². The summed E-state index contributed by atoms with van der Waals surface area (Å²) in [5.74, 6) is 2.50. The smallest absolute Gasteiger partial charge is 0.245 e. The number of nitrogens with zero attached hydrogens (tertiary/aromatic N) is 1. The van der Waals surface area contributed by atoms with E-state index < -0.39 is 6.04 Å². The van der Waals surface area contributed by atoms with Crippen LogP contribution in [0.2, 0.25) is 0 Å². The number of hydrogen-bond acceptors (Lipinski definition) is 3. The quantitative estimate of drug-likeness (QED) is 0.821. The van der Waals surface area contributed by atoms with E-state index in [4.69, 9.17) is 4.74 Å². The molecule has 4 aliphatic carbocycles. The van der Waals surface area contributed by atoms with Crippen LogP contribution in [-0.2, 0) is 14.3 Å². The van der Waals surface area contributed by atoms with Crippen LogP contribution < -0.4 is 5.32 Å². The fraction of sp³-hybridized carbons (Fsp3) is 0.909. The van der Waals surface area contributed by atoms with Gasteiger partial charge in [-0.15, -0.1) is 0 Å². The van der Waals surface area contributed by atoms with Crippen molar-refractivity contribution in [1.29, 1.82) is 0 Å². The van der Waals surface area contributed by atoms with E-state index in [-0.39, 0.29) is 35.4 Å². The van der Waals surface area contributed by atoms with Gasteiger partial charge in [0.25, 0.3) is 0 Å². The Hall–Kier alpha value is -1.10. The van der Waals surface area contributed by atoms with E-state index in [1.54, 1.807) is 0 Å². The molecule has 0 aromatic rings. The lowest BCUT2D eigenvalue weighted by Gasteiger charge is -2.56. The maximum Gasteiger partial charge on any atom is 0.245 e. The second-order valence-electron chi connectivity index (χ2n) is 10.4. The molecule has 3 atom stereocenters. The molecule has 152 valence electrons. The number of carbonyl (C=O) groups is 2. The third-order valence-electron chi connectivity index (χ3n) is 7.47. The van der Waals surface area contributed by atoms with Crippen molar-refractivity contribution < 1.29 is 14.3 Å². The zero-order chi connectivity index (χ0) is 19.3. The molecule has 5 aliphatic rings. The van der Waals surface area contributed by atoms with Gasteiger partial charge in [-0.25, -0.2) is 0 Å². The summed E-state index contributed by atoms with van der Waals surface area (Å²) >= 11 is 0. The van der Waals surface area contributed by atoms with E-state index in [1.165, 1.54) is 19.3 Å². The van der Waals surface area contributed by atoms with Crippen LogP contribution in [0, 0.1) is 29.1 Å². The van der Waals surface area contributed by atoms with Gasteiger partial charge in [-0.2, -0.15) is 0 Å². The van der Waals surface area contributed by atoms with Crippen molar-refractivity contribution in [2.45, 2.75) is 84.5 Å². The number of hydrogen-bond donors (Lipinski definition) is 1. The molecule has 2 amide bonds. The van der Waals surface area contributed by atoms with Gasteiger partial charge in [0.15, 0.2) is 0 Å². The molecule has 0 spiro atoms. The van der Waals surface area contributed by atoms with Gasteiger partial charge in [0.1, 0.15) is 6.04 Å². The first-order valence-electron chi connectivity index (χ1n) is 11.0. The van der Waals surface area contributed by atoms with Crippen molar-refractivity contribution in [3.05, 3.63) is 0 Å². The second kappa shape index (κ2) is 7.06. The van der Waals surface area contributed by atoms with Crippen LogP contribution >= 0.6 is 0 Å². The number of carbonyl (C=O) groups excluding carboxylic acids is 2. The second-order valence-corrected chi connectivity index (χ2v) is 10.4. The van der Waals surface area contributed by atoms with Crippen LogP contribution in [0.5, 0.6) is 0 Å². The maximum atomic E-state index is 13.4. The number of rotatable bonds is 4. The molecule has 5 fully saturated rings. The van der Waals surface area contributed by atoms with Gasteiger partial charge in [0.05, 0.1) is 12.2 Å². The molecular weight excluding hydrogens is 340 g/mol. The molecule has 4 saturated carbocycles. The van der Waals surface area contributed by atoms with Crippen molar-refractivity contribution in [2.75, 3.05) is 13.1 Å². The number of ether oxygens (including phenoxy) is 1. The SMILES string of the molecule is CC1CN(C(=O)C(NC(=O)C23CC4CC(CC(C4)C2)C3)C(C)C)CC(C)O1. The molecule has 5 rings (SSSR count). The van der Waals surface area contributed by atoms with E-state index in [2.05, 4.69) is 5.32 Å². The van der Waals surface area contributed by atoms with Gasteiger partial charge in [-0.3, -0.25) is 9.59 Å². The van der Waals surface area contributed by atoms with Crippen LogP contribution in [0.25, 0.3) is 0 Å². The molecule has 27 heavy (non-hydrogen) atoms. The number of amides is 2. The summed E-state index contributed by atoms with van der Waals surface area (Å²) in [5, 5.41) is 3.23. The van der Waals surface area contributed by atoms with Crippen LogP contribution in [0.15, 0.2) is 0 Å². The van der Waals surface area contributed by atoms with Gasteiger partial charge in [0.2, 0.25) is 11.8 Å². The van der Waals surface area contributed by atoms with E-state index >= 15 is 0 Å². The lowest BCUT2D eigenvalue weighted by atomic mass is 9.49. The minimum absolute atomic E-state index is 0.0457. The average molecular weight is 377 g/mol. The summed E-state index contributed by atoms with van der Waals surface area (Å²) in [6.07, 6.45) is 7.17. The molecule has 1 heterocycles. The Morgan fingerprint density at radius 2 is 1.44 bits per heavy atom. The molecule has 3 unspecified atom stereocenters. The van der Waals surface area contributed by atoms with Crippen LogP contribution in [0.3, 0.4) is 0 Å². The summed E-state index contributed by atoms with van der Waals surface area (Å²) < 4.78 is 5.77. The van der Waals surface area contributed by atoms with Gasteiger partial charge in [0, 0.05) is 18.5 Å². The molecule has 0 radical (unpaired) electrons. The summed E-state index contributed by atoms with van der Waals surface area (Å²) in [6, 6.07) is -0.428. The van der Waals surface area contributed by atoms with Crippen LogP contribution in [0.4, 0.5) is 0 Å². The Kier molecular flexibility index (Phi) is 5.02. The summed E-state index contributed by atoms with van der Waals surface area (Å²) in [6.45, 7) is 9.31. The highest BCUT2D eigenvalue weighted by atomic mass is 16.5. The van der Waals surface area contributed by atoms with E-state index in [0.29, 0.717) is 13.1 Å². The zero-order valence-corrected chi connectivity index (χ0v) is 17.4. The fourth-order valence-electron chi connectivity index (χ4n) is 6.75. The first-order chi connectivity index (χ1) is 12.8.